The summed E-state index contributed by atoms with van der Waals surface area (Å²) >= 11 is 0. The maximum absolute atomic E-state index is 12.9. The minimum atomic E-state index is -0.371. The second-order valence-corrected chi connectivity index (χ2v) is 3.94. The van der Waals surface area contributed by atoms with Gasteiger partial charge in [0.05, 0.1) is 13.2 Å². The highest BCUT2D eigenvalue weighted by molar-refractivity contribution is 5.33. The van der Waals surface area contributed by atoms with Crippen molar-refractivity contribution in [1.82, 2.24) is 0 Å². The maximum atomic E-state index is 12.9. The third kappa shape index (κ3) is 2.46. The highest BCUT2D eigenvalue weighted by Crippen LogP contribution is 2.28. The van der Waals surface area contributed by atoms with Crippen LogP contribution in [-0.4, -0.2) is 23.9 Å². The summed E-state index contributed by atoms with van der Waals surface area (Å²) in [6, 6.07) is 4.09. The molecule has 1 N–H and O–H groups in total. The third-order valence-electron chi connectivity index (χ3n) is 2.37. The summed E-state index contributed by atoms with van der Waals surface area (Å²) in [6.45, 7) is 2.80. The van der Waals surface area contributed by atoms with Crippen LogP contribution in [0.1, 0.15) is 12.5 Å². The Balaban J connectivity index is 2.08. The van der Waals surface area contributed by atoms with Crippen LogP contribution in [0.3, 0.4) is 0 Å². The second-order valence-electron chi connectivity index (χ2n) is 3.94. The molecule has 0 radical (unpaired) electrons. The van der Waals surface area contributed by atoms with Crippen LogP contribution in [-0.2, 0) is 11.3 Å². The van der Waals surface area contributed by atoms with Crippen molar-refractivity contribution in [3.05, 3.63) is 29.6 Å². The van der Waals surface area contributed by atoms with Crippen molar-refractivity contribution in [2.24, 2.45) is 0 Å². The first-order chi connectivity index (χ1) is 7.13. The van der Waals surface area contributed by atoms with E-state index in [0.29, 0.717) is 24.5 Å². The van der Waals surface area contributed by atoms with Gasteiger partial charge in [0.2, 0.25) is 0 Å². The molecule has 15 heavy (non-hydrogen) atoms. The minimum absolute atomic E-state index is 0.160. The molecule has 1 aliphatic rings. The van der Waals surface area contributed by atoms with Crippen molar-refractivity contribution in [3.63, 3.8) is 0 Å². The summed E-state index contributed by atoms with van der Waals surface area (Å²) in [5, 5.41) is 9.02. The number of hydrogen-bond acceptors (Lipinski definition) is 3. The zero-order valence-corrected chi connectivity index (χ0v) is 8.50. The third-order valence-corrected chi connectivity index (χ3v) is 2.37. The lowest BCUT2D eigenvalue weighted by Crippen LogP contribution is -2.17. The molecule has 0 spiro atoms. The second kappa shape index (κ2) is 3.79. The van der Waals surface area contributed by atoms with E-state index in [1.807, 2.05) is 6.92 Å². The maximum Gasteiger partial charge on any atom is 0.127 e. The number of epoxide rings is 1. The van der Waals surface area contributed by atoms with Crippen LogP contribution in [0.25, 0.3) is 0 Å². The van der Waals surface area contributed by atoms with E-state index in [-0.39, 0.29) is 18.0 Å². The highest BCUT2D eigenvalue weighted by Gasteiger charge is 2.40. The van der Waals surface area contributed by atoms with Gasteiger partial charge in [-0.25, -0.2) is 4.39 Å². The molecule has 3 nitrogen and oxygen atoms in total. The molecule has 0 unspecified atom stereocenters. The Labute approximate surface area is 87.4 Å². The summed E-state index contributed by atoms with van der Waals surface area (Å²) in [6.07, 6.45) is 0. The molecule has 0 amide bonds. The SMILES string of the molecule is C[C@@]1(COc2cc(F)ccc2CO)CO1. The van der Waals surface area contributed by atoms with Crippen LogP contribution in [0.2, 0.25) is 0 Å². The van der Waals surface area contributed by atoms with Gasteiger partial charge in [0.1, 0.15) is 23.8 Å². The molecule has 82 valence electrons. The van der Waals surface area contributed by atoms with Gasteiger partial charge in [0, 0.05) is 11.6 Å². The molecule has 1 fully saturated rings. The van der Waals surface area contributed by atoms with Crippen LogP contribution in [0.4, 0.5) is 4.39 Å². The molecule has 0 aliphatic carbocycles. The van der Waals surface area contributed by atoms with Crippen molar-refractivity contribution in [1.29, 1.82) is 0 Å². The van der Waals surface area contributed by atoms with Crippen LogP contribution in [0.5, 0.6) is 5.75 Å². The van der Waals surface area contributed by atoms with E-state index < -0.39 is 0 Å². The quantitative estimate of drug-likeness (QED) is 0.769. The standard InChI is InChI=1S/C11H13FO3/c1-11(7-15-11)6-14-10-4-9(12)3-2-8(10)5-13/h2-4,13H,5-7H2,1H3/t11-/m1/s1. The normalized spacial score (nSPS) is 23.9. The summed E-state index contributed by atoms with van der Waals surface area (Å²) in [4.78, 5) is 0. The van der Waals surface area contributed by atoms with Crippen molar-refractivity contribution >= 4 is 0 Å². The van der Waals surface area contributed by atoms with Crippen LogP contribution in [0, 0.1) is 5.82 Å². The summed E-state index contributed by atoms with van der Waals surface area (Å²) in [7, 11) is 0. The van der Waals surface area contributed by atoms with Gasteiger partial charge in [0.15, 0.2) is 0 Å². The molecule has 2 rings (SSSR count). The fourth-order valence-electron chi connectivity index (χ4n) is 1.23. The lowest BCUT2D eigenvalue weighted by molar-refractivity contribution is 0.195. The average molecular weight is 212 g/mol. The molecule has 1 atom stereocenters. The Bertz CT molecular complexity index is 361. The fourth-order valence-corrected chi connectivity index (χ4v) is 1.23. The molecule has 0 bridgehead atoms. The highest BCUT2D eigenvalue weighted by atomic mass is 19.1. The first-order valence-corrected chi connectivity index (χ1v) is 4.79. The average Bonchev–Trinajstić information content (AvgIpc) is 2.95. The summed E-state index contributed by atoms with van der Waals surface area (Å²) < 4.78 is 23.5. The lowest BCUT2D eigenvalue weighted by atomic mass is 10.2. The van der Waals surface area contributed by atoms with E-state index in [1.165, 1.54) is 18.2 Å². The number of aliphatic hydroxyl groups excluding tert-OH is 1. The first kappa shape index (κ1) is 10.4. The molecule has 1 aromatic rings. The van der Waals surface area contributed by atoms with Crippen molar-refractivity contribution in [2.75, 3.05) is 13.2 Å². The van der Waals surface area contributed by atoms with Gasteiger partial charge in [0.25, 0.3) is 0 Å². The minimum Gasteiger partial charge on any atom is -0.490 e. The Morgan fingerprint density at radius 3 is 2.93 bits per heavy atom. The van der Waals surface area contributed by atoms with E-state index in [2.05, 4.69) is 0 Å². The van der Waals surface area contributed by atoms with Crippen LogP contribution in [0.15, 0.2) is 18.2 Å². The molecular weight excluding hydrogens is 199 g/mol. The summed E-state index contributed by atoms with van der Waals surface area (Å²) in [5.74, 6) is 0.0123. The van der Waals surface area contributed by atoms with Crippen molar-refractivity contribution in [2.45, 2.75) is 19.1 Å². The van der Waals surface area contributed by atoms with Crippen molar-refractivity contribution < 1.29 is 19.0 Å². The van der Waals surface area contributed by atoms with E-state index in [1.54, 1.807) is 0 Å². The monoisotopic (exact) mass is 212 g/mol. The summed E-state index contributed by atoms with van der Waals surface area (Å²) in [5.41, 5.74) is 0.347. The largest absolute Gasteiger partial charge is 0.490 e. The molecule has 0 saturated carbocycles. The van der Waals surface area contributed by atoms with Crippen molar-refractivity contribution in [3.8, 4) is 5.75 Å². The van der Waals surface area contributed by atoms with Gasteiger partial charge in [-0.2, -0.15) is 0 Å². The number of aliphatic hydroxyl groups is 1. The molecule has 1 heterocycles. The molecule has 1 aliphatic heterocycles. The topological polar surface area (TPSA) is 42.0 Å². The van der Waals surface area contributed by atoms with Gasteiger partial charge in [-0.1, -0.05) is 6.07 Å². The van der Waals surface area contributed by atoms with Gasteiger partial charge in [-0.05, 0) is 13.0 Å². The zero-order valence-electron chi connectivity index (χ0n) is 8.50. The number of ether oxygens (including phenoxy) is 2. The Morgan fingerprint density at radius 1 is 1.60 bits per heavy atom. The van der Waals surface area contributed by atoms with E-state index in [9.17, 15) is 4.39 Å². The Kier molecular flexibility index (Phi) is 2.63. The van der Waals surface area contributed by atoms with Crippen LogP contribution >= 0.6 is 0 Å². The van der Waals surface area contributed by atoms with Gasteiger partial charge < -0.3 is 14.6 Å². The fraction of sp³-hybridized carbons (Fsp3) is 0.455. The lowest BCUT2D eigenvalue weighted by Gasteiger charge is -2.11. The zero-order chi connectivity index (χ0) is 10.9. The molecular formula is C11H13FO3. The predicted molar refractivity (Wildman–Crippen MR) is 52.2 cm³/mol. The van der Waals surface area contributed by atoms with Crippen LogP contribution < -0.4 is 4.74 Å². The Morgan fingerprint density at radius 2 is 2.33 bits per heavy atom. The Hall–Kier alpha value is -1.13. The molecule has 1 aromatic carbocycles. The first-order valence-electron chi connectivity index (χ1n) is 4.79. The molecule has 4 heteroatoms. The number of halogens is 1. The molecule has 1 saturated heterocycles. The number of rotatable bonds is 4. The van der Waals surface area contributed by atoms with Gasteiger partial charge in [-0.15, -0.1) is 0 Å². The molecule has 0 aromatic heterocycles. The smallest absolute Gasteiger partial charge is 0.127 e. The van der Waals surface area contributed by atoms with E-state index in [4.69, 9.17) is 14.6 Å². The van der Waals surface area contributed by atoms with Gasteiger partial charge >= 0.3 is 0 Å². The number of benzene rings is 1. The predicted octanol–water partition coefficient (Wildman–Crippen LogP) is 1.49. The van der Waals surface area contributed by atoms with E-state index in [0.717, 1.165) is 0 Å². The van der Waals surface area contributed by atoms with E-state index >= 15 is 0 Å². The van der Waals surface area contributed by atoms with Gasteiger partial charge in [-0.3, -0.25) is 0 Å². The number of hydrogen-bond donors (Lipinski definition) is 1.